The van der Waals surface area contributed by atoms with E-state index in [1.165, 1.54) is 7.11 Å². The van der Waals surface area contributed by atoms with Crippen molar-refractivity contribution in [2.45, 2.75) is 6.54 Å². The van der Waals surface area contributed by atoms with Gasteiger partial charge in [-0.1, -0.05) is 24.3 Å². The topological polar surface area (TPSA) is 117 Å². The largest absolute Gasteiger partial charge is 0.495 e. The van der Waals surface area contributed by atoms with Crippen molar-refractivity contribution in [3.63, 3.8) is 0 Å². The van der Waals surface area contributed by atoms with Crippen LogP contribution in [0.2, 0.25) is 0 Å². The van der Waals surface area contributed by atoms with Gasteiger partial charge in [-0.25, -0.2) is 4.98 Å². The summed E-state index contributed by atoms with van der Waals surface area (Å²) in [5.41, 5.74) is 8.31. The number of likely N-dealkylation sites (N-methyl/N-ethyl adjacent to an activating group) is 1. The van der Waals surface area contributed by atoms with Crippen molar-refractivity contribution >= 4 is 17.6 Å². The van der Waals surface area contributed by atoms with Crippen LogP contribution in [-0.4, -0.2) is 36.5 Å². The number of amides is 1. The summed E-state index contributed by atoms with van der Waals surface area (Å²) >= 11 is 0. The Hall–Kier alpha value is -3.83. The van der Waals surface area contributed by atoms with Gasteiger partial charge < -0.3 is 25.1 Å². The first-order valence-corrected chi connectivity index (χ1v) is 8.89. The molecule has 29 heavy (non-hydrogen) atoms. The fourth-order valence-electron chi connectivity index (χ4n) is 2.84. The van der Waals surface area contributed by atoms with E-state index in [1.54, 1.807) is 36.3 Å². The van der Waals surface area contributed by atoms with Gasteiger partial charge in [-0.15, -0.1) is 0 Å². The monoisotopic (exact) mass is 391 g/mol. The van der Waals surface area contributed by atoms with Gasteiger partial charge in [-0.3, -0.25) is 4.79 Å². The number of nitrogens with two attached hydrogens (primary N) is 1. The maximum absolute atomic E-state index is 11.8. The van der Waals surface area contributed by atoms with Crippen molar-refractivity contribution in [1.29, 1.82) is 5.26 Å². The second kappa shape index (κ2) is 8.91. The van der Waals surface area contributed by atoms with Gasteiger partial charge in [-0.05, 0) is 17.7 Å². The SMILES string of the molecule is COc1cc(Nc2ncc(-c3ccccc3CN(C)C(=O)CN)o2)ccc1C#N. The zero-order valence-corrected chi connectivity index (χ0v) is 16.2. The lowest BCUT2D eigenvalue weighted by molar-refractivity contribution is -0.128. The smallest absolute Gasteiger partial charge is 0.299 e. The first kappa shape index (κ1) is 19.9. The summed E-state index contributed by atoms with van der Waals surface area (Å²) in [5, 5.41) is 12.1. The first-order chi connectivity index (χ1) is 14.0. The molecule has 1 amide bonds. The lowest BCUT2D eigenvalue weighted by atomic mass is 10.1. The molecule has 0 fully saturated rings. The molecule has 3 aromatic rings. The molecule has 0 saturated carbocycles. The molecule has 1 aromatic heterocycles. The average molecular weight is 391 g/mol. The van der Waals surface area contributed by atoms with E-state index in [9.17, 15) is 4.79 Å². The Kier molecular flexibility index (Phi) is 6.12. The number of carbonyl (C=O) groups excluding carboxylic acids is 1. The number of benzene rings is 2. The molecule has 0 saturated heterocycles. The average Bonchev–Trinajstić information content (AvgIpc) is 3.21. The maximum atomic E-state index is 11.8. The fraction of sp³-hybridized carbons (Fsp3) is 0.190. The van der Waals surface area contributed by atoms with E-state index >= 15 is 0 Å². The predicted molar refractivity (Wildman–Crippen MR) is 108 cm³/mol. The van der Waals surface area contributed by atoms with Gasteiger partial charge in [-0.2, -0.15) is 5.26 Å². The van der Waals surface area contributed by atoms with Crippen LogP contribution in [-0.2, 0) is 11.3 Å². The quantitative estimate of drug-likeness (QED) is 0.636. The van der Waals surface area contributed by atoms with E-state index in [0.717, 1.165) is 11.1 Å². The number of oxazole rings is 1. The van der Waals surface area contributed by atoms with Crippen LogP contribution in [0.4, 0.5) is 11.7 Å². The summed E-state index contributed by atoms with van der Waals surface area (Å²) in [5.74, 6) is 0.883. The van der Waals surface area contributed by atoms with E-state index in [0.29, 0.717) is 35.3 Å². The van der Waals surface area contributed by atoms with Crippen molar-refractivity contribution in [3.05, 3.63) is 59.8 Å². The van der Waals surface area contributed by atoms with Crippen LogP contribution in [0, 0.1) is 11.3 Å². The minimum absolute atomic E-state index is 0.0386. The van der Waals surface area contributed by atoms with E-state index in [2.05, 4.69) is 16.4 Å². The molecule has 2 aromatic carbocycles. The van der Waals surface area contributed by atoms with Crippen LogP contribution in [0.5, 0.6) is 5.75 Å². The Bertz CT molecular complexity index is 1050. The van der Waals surface area contributed by atoms with Gasteiger partial charge >= 0.3 is 0 Å². The molecule has 0 aliphatic heterocycles. The van der Waals surface area contributed by atoms with E-state index < -0.39 is 0 Å². The third-order valence-electron chi connectivity index (χ3n) is 4.37. The molecule has 1 heterocycles. The molecular weight excluding hydrogens is 370 g/mol. The van der Waals surface area contributed by atoms with Gasteiger partial charge in [0.2, 0.25) is 5.91 Å². The minimum atomic E-state index is -0.144. The van der Waals surface area contributed by atoms with Crippen LogP contribution < -0.4 is 15.8 Å². The molecule has 3 rings (SSSR count). The van der Waals surface area contributed by atoms with E-state index in [4.69, 9.17) is 20.1 Å². The molecule has 0 aliphatic rings. The van der Waals surface area contributed by atoms with E-state index in [-0.39, 0.29) is 12.5 Å². The van der Waals surface area contributed by atoms with Gasteiger partial charge in [0.05, 0.1) is 25.4 Å². The number of ether oxygens (including phenoxy) is 1. The zero-order valence-electron chi connectivity index (χ0n) is 16.2. The van der Waals surface area contributed by atoms with Crippen LogP contribution in [0.25, 0.3) is 11.3 Å². The highest BCUT2D eigenvalue weighted by Gasteiger charge is 2.14. The highest BCUT2D eigenvalue weighted by Crippen LogP contribution is 2.29. The Morgan fingerprint density at radius 1 is 1.34 bits per heavy atom. The van der Waals surface area contributed by atoms with Crippen molar-refractivity contribution in [1.82, 2.24) is 9.88 Å². The molecule has 0 spiro atoms. The van der Waals surface area contributed by atoms with Crippen molar-refractivity contribution < 1.29 is 13.9 Å². The normalized spacial score (nSPS) is 10.3. The summed E-state index contributed by atoms with van der Waals surface area (Å²) in [6, 6.07) is 15.1. The van der Waals surface area contributed by atoms with Gasteiger partial charge in [0.15, 0.2) is 5.76 Å². The highest BCUT2D eigenvalue weighted by atomic mass is 16.5. The summed E-state index contributed by atoms with van der Waals surface area (Å²) in [4.78, 5) is 17.6. The molecule has 3 N–H and O–H groups in total. The first-order valence-electron chi connectivity index (χ1n) is 8.89. The molecule has 8 heteroatoms. The zero-order chi connectivity index (χ0) is 20.8. The number of rotatable bonds is 7. The summed E-state index contributed by atoms with van der Waals surface area (Å²) in [7, 11) is 3.21. The van der Waals surface area contributed by atoms with Gasteiger partial charge in [0, 0.05) is 30.9 Å². The van der Waals surface area contributed by atoms with Crippen molar-refractivity contribution in [3.8, 4) is 23.1 Å². The minimum Gasteiger partial charge on any atom is -0.495 e. The number of hydrogen-bond donors (Lipinski definition) is 2. The molecular formula is C21H21N5O3. The van der Waals surface area contributed by atoms with Crippen LogP contribution in [0.1, 0.15) is 11.1 Å². The molecule has 0 radical (unpaired) electrons. The summed E-state index contributed by atoms with van der Waals surface area (Å²) in [6.07, 6.45) is 1.62. The Labute approximate surface area is 168 Å². The number of aromatic nitrogens is 1. The third-order valence-corrected chi connectivity index (χ3v) is 4.37. The number of nitrogens with one attached hydrogen (secondary N) is 1. The van der Waals surface area contributed by atoms with Crippen LogP contribution in [0.15, 0.2) is 53.1 Å². The number of nitriles is 1. The molecule has 0 aliphatic carbocycles. The standard InChI is InChI=1S/C21H21N5O3/c1-26(20(27)11-23)13-15-5-3-4-6-17(15)19-12-24-21(29-19)25-16-8-7-14(10-22)18(9-16)28-2/h3-9,12H,11,13,23H2,1-2H3,(H,24,25). The molecule has 0 atom stereocenters. The predicted octanol–water partition coefficient (Wildman–Crippen LogP) is 2.88. The number of hydrogen-bond acceptors (Lipinski definition) is 7. The Morgan fingerprint density at radius 3 is 2.86 bits per heavy atom. The third kappa shape index (κ3) is 4.54. The Balaban J connectivity index is 1.82. The van der Waals surface area contributed by atoms with Crippen molar-refractivity contribution in [2.75, 3.05) is 26.0 Å². The van der Waals surface area contributed by atoms with Gasteiger partial charge in [0.1, 0.15) is 11.8 Å². The number of carbonyl (C=O) groups is 1. The highest BCUT2D eigenvalue weighted by molar-refractivity contribution is 5.78. The molecule has 148 valence electrons. The second-order valence-electron chi connectivity index (χ2n) is 6.29. The lowest BCUT2D eigenvalue weighted by Crippen LogP contribution is -2.32. The van der Waals surface area contributed by atoms with Gasteiger partial charge in [0.25, 0.3) is 6.01 Å². The number of anilines is 2. The Morgan fingerprint density at radius 2 is 2.14 bits per heavy atom. The fourth-order valence-corrected chi connectivity index (χ4v) is 2.84. The molecule has 8 nitrogen and oxygen atoms in total. The van der Waals surface area contributed by atoms with Crippen molar-refractivity contribution in [2.24, 2.45) is 5.73 Å². The maximum Gasteiger partial charge on any atom is 0.299 e. The summed E-state index contributed by atoms with van der Waals surface area (Å²) < 4.78 is 11.1. The molecule has 0 bridgehead atoms. The summed E-state index contributed by atoms with van der Waals surface area (Å²) in [6.45, 7) is 0.367. The lowest BCUT2D eigenvalue weighted by Gasteiger charge is -2.17. The number of methoxy groups -OCH3 is 1. The van der Waals surface area contributed by atoms with Crippen LogP contribution in [0.3, 0.4) is 0 Å². The van der Waals surface area contributed by atoms with Crippen LogP contribution >= 0.6 is 0 Å². The number of nitrogens with zero attached hydrogens (tertiary/aromatic N) is 3. The van der Waals surface area contributed by atoms with E-state index in [1.807, 2.05) is 24.3 Å². The second-order valence-corrected chi connectivity index (χ2v) is 6.29. The molecule has 0 unspecified atom stereocenters.